The van der Waals surface area contributed by atoms with Gasteiger partial charge in [0.05, 0.1) is 23.4 Å². The molecule has 5 heterocycles. The Morgan fingerprint density at radius 1 is 1.00 bits per heavy atom. The van der Waals surface area contributed by atoms with E-state index in [0.717, 1.165) is 52.7 Å². The average molecular weight is 599 g/mol. The van der Waals surface area contributed by atoms with Crippen LogP contribution in [0.3, 0.4) is 0 Å². The van der Waals surface area contributed by atoms with Crippen LogP contribution in [0.1, 0.15) is 81.0 Å². The molecule has 0 radical (unpaired) electrons. The number of likely N-dealkylation sites (tertiary alicyclic amines) is 2. The normalized spacial score (nSPS) is 22.2. The van der Waals surface area contributed by atoms with Gasteiger partial charge in [-0.25, -0.2) is 9.78 Å². The van der Waals surface area contributed by atoms with Gasteiger partial charge >= 0.3 is 6.09 Å². The zero-order valence-electron chi connectivity index (χ0n) is 26.1. The van der Waals surface area contributed by atoms with E-state index in [-0.39, 0.29) is 17.4 Å². The quantitative estimate of drug-likeness (QED) is 0.312. The fraction of sp³-hybridized carbons (Fsp3) is 0.543. The van der Waals surface area contributed by atoms with Crippen molar-refractivity contribution in [1.82, 2.24) is 19.4 Å². The molecular formula is C35H42N4O5. The zero-order chi connectivity index (χ0) is 30.6. The highest BCUT2D eigenvalue weighted by Gasteiger charge is 2.45. The Balaban J connectivity index is 1.17. The van der Waals surface area contributed by atoms with Crippen LogP contribution in [0.25, 0.3) is 22.3 Å². The average Bonchev–Trinajstić information content (AvgIpc) is 3.43. The third-order valence-electron chi connectivity index (χ3n) is 10.7. The predicted molar refractivity (Wildman–Crippen MR) is 168 cm³/mol. The molecule has 1 atom stereocenters. The van der Waals surface area contributed by atoms with Crippen LogP contribution in [0.5, 0.6) is 5.75 Å². The van der Waals surface area contributed by atoms with Crippen molar-refractivity contribution in [2.75, 3.05) is 33.3 Å². The predicted octanol–water partition coefficient (Wildman–Crippen LogP) is 5.20. The maximum absolute atomic E-state index is 13.8. The number of aromatic nitrogens is 2. The number of nitrogens with zero attached hydrogens (tertiary/aromatic N) is 4. The number of ketones is 1. The Kier molecular flexibility index (Phi) is 7.57. The zero-order valence-corrected chi connectivity index (χ0v) is 26.1. The number of carbonyl (C=O) groups is 2. The Bertz CT molecular complexity index is 1690. The second-order valence-corrected chi connectivity index (χ2v) is 12.8. The molecule has 0 bridgehead atoms. The van der Waals surface area contributed by atoms with E-state index < -0.39 is 5.60 Å². The topological polar surface area (TPSA) is 94.0 Å². The van der Waals surface area contributed by atoms with Crippen molar-refractivity contribution in [1.29, 1.82) is 0 Å². The number of carbonyl (C=O) groups excluding carboxylic acids is 2. The van der Waals surface area contributed by atoms with E-state index in [1.54, 1.807) is 17.7 Å². The van der Waals surface area contributed by atoms with Crippen LogP contribution in [-0.2, 0) is 34.5 Å². The van der Waals surface area contributed by atoms with Gasteiger partial charge < -0.3 is 23.8 Å². The van der Waals surface area contributed by atoms with Gasteiger partial charge in [0.15, 0.2) is 11.4 Å². The van der Waals surface area contributed by atoms with Gasteiger partial charge in [-0.1, -0.05) is 20.3 Å². The first-order valence-electron chi connectivity index (χ1n) is 16.4. The summed E-state index contributed by atoms with van der Waals surface area (Å²) in [7, 11) is 1.55. The van der Waals surface area contributed by atoms with Crippen LogP contribution in [0.15, 0.2) is 29.1 Å². The highest BCUT2D eigenvalue weighted by atomic mass is 16.6. The molecular weight excluding hydrogens is 556 g/mol. The highest BCUT2D eigenvalue weighted by Crippen LogP contribution is 2.42. The molecule has 44 heavy (non-hydrogen) atoms. The van der Waals surface area contributed by atoms with Crippen LogP contribution in [0.4, 0.5) is 4.79 Å². The number of ether oxygens (including phenoxy) is 2. The number of benzene rings is 1. The number of fused-ring (bicyclic) bond motifs is 5. The van der Waals surface area contributed by atoms with Crippen LogP contribution in [0, 0.1) is 0 Å². The molecule has 3 aromatic rings. The molecule has 1 aromatic carbocycles. The first-order valence-corrected chi connectivity index (χ1v) is 16.4. The van der Waals surface area contributed by atoms with Crippen molar-refractivity contribution < 1.29 is 19.1 Å². The van der Waals surface area contributed by atoms with Gasteiger partial charge in [-0.2, -0.15) is 0 Å². The molecule has 1 aliphatic carbocycles. The number of methoxy groups -OCH3 is 1. The van der Waals surface area contributed by atoms with Crippen molar-refractivity contribution in [2.45, 2.75) is 89.8 Å². The summed E-state index contributed by atoms with van der Waals surface area (Å²) in [5, 5.41) is 0.931. The number of hydrogen-bond donors (Lipinski definition) is 0. The van der Waals surface area contributed by atoms with Crippen molar-refractivity contribution in [2.24, 2.45) is 0 Å². The second kappa shape index (κ2) is 11.4. The van der Waals surface area contributed by atoms with Gasteiger partial charge in [0.2, 0.25) is 0 Å². The minimum Gasteiger partial charge on any atom is -0.410 e. The van der Waals surface area contributed by atoms with Crippen molar-refractivity contribution in [3.05, 3.63) is 56.9 Å². The lowest BCUT2D eigenvalue weighted by molar-refractivity contribution is -0.144. The van der Waals surface area contributed by atoms with E-state index in [4.69, 9.17) is 14.5 Å². The Hall–Kier alpha value is -3.56. The largest absolute Gasteiger partial charge is 0.415 e. The first kappa shape index (κ1) is 29.2. The molecule has 9 nitrogen and oxygen atoms in total. The summed E-state index contributed by atoms with van der Waals surface area (Å²) >= 11 is 0. The minimum absolute atomic E-state index is 0.0201. The smallest absolute Gasteiger partial charge is 0.410 e. The summed E-state index contributed by atoms with van der Waals surface area (Å²) in [5.41, 5.74) is 4.57. The van der Waals surface area contributed by atoms with Gasteiger partial charge in [-0.15, -0.1) is 0 Å². The van der Waals surface area contributed by atoms with E-state index in [0.29, 0.717) is 61.8 Å². The number of piperidine rings is 2. The molecule has 2 aromatic heterocycles. The Morgan fingerprint density at radius 2 is 1.77 bits per heavy atom. The molecule has 1 amide bonds. The van der Waals surface area contributed by atoms with Crippen molar-refractivity contribution in [3.8, 4) is 17.1 Å². The summed E-state index contributed by atoms with van der Waals surface area (Å²) in [6.07, 6.45) is 7.50. The number of Topliss-reactive ketones (excluding diaryl/α,β-unsaturated/α-hetero) is 1. The molecule has 232 valence electrons. The van der Waals surface area contributed by atoms with Crippen molar-refractivity contribution >= 4 is 22.8 Å². The Morgan fingerprint density at radius 3 is 2.48 bits per heavy atom. The molecule has 0 spiro atoms. The van der Waals surface area contributed by atoms with Crippen LogP contribution in [-0.4, -0.2) is 70.6 Å². The van der Waals surface area contributed by atoms with Gasteiger partial charge in [-0.05, 0) is 87.9 Å². The molecule has 0 N–H and O–H groups in total. The number of pyridine rings is 2. The Labute approximate surface area is 258 Å². The van der Waals surface area contributed by atoms with E-state index >= 15 is 0 Å². The molecule has 1 unspecified atom stereocenters. The summed E-state index contributed by atoms with van der Waals surface area (Å²) in [6, 6.07) is 8.16. The number of aryl methyl sites for hydroxylation is 1. The number of hydrogen-bond acceptors (Lipinski definition) is 7. The summed E-state index contributed by atoms with van der Waals surface area (Å²) < 4.78 is 13.6. The fourth-order valence-corrected chi connectivity index (χ4v) is 8.21. The lowest BCUT2D eigenvalue weighted by Gasteiger charge is -2.39. The van der Waals surface area contributed by atoms with E-state index in [1.165, 1.54) is 32.4 Å². The molecule has 9 heteroatoms. The van der Waals surface area contributed by atoms with Crippen LogP contribution in [0.2, 0.25) is 0 Å². The van der Waals surface area contributed by atoms with Gasteiger partial charge in [0.1, 0.15) is 5.75 Å². The maximum Gasteiger partial charge on any atom is 0.415 e. The molecule has 7 rings (SSSR count). The molecule has 2 fully saturated rings. The van der Waals surface area contributed by atoms with E-state index in [1.807, 2.05) is 30.0 Å². The fourth-order valence-electron chi connectivity index (χ4n) is 8.21. The minimum atomic E-state index is -1.10. The highest BCUT2D eigenvalue weighted by molar-refractivity contribution is 5.92. The van der Waals surface area contributed by atoms with Gasteiger partial charge in [0.25, 0.3) is 5.56 Å². The standard InChI is InChI=1S/C35H42N4O5/c1-4-24-26-19-23(44-34(42)38-17-13-22(14-18-38)37-15-7-6-8-16-37)9-11-29(26)36-32-27(24)21-39-30(32)20-28-25(33(39)41)10-12-31(40)35(28,5-2)43-3/h9,11,19-20,22H,4-8,10,12-18,21H2,1-3H3. The molecule has 2 saturated heterocycles. The SMILES string of the molecule is CCc1c2c(nc3ccc(OC(=O)N4CCC(N5CCCCC5)CC4)cc13)-c1cc3c(c(=O)n1C2)CCC(=O)C3(CC)OC. The van der Waals surface area contributed by atoms with Crippen molar-refractivity contribution in [3.63, 3.8) is 0 Å². The molecule has 3 aliphatic heterocycles. The number of amides is 1. The van der Waals surface area contributed by atoms with Gasteiger partial charge in [0, 0.05) is 54.7 Å². The third kappa shape index (κ3) is 4.58. The number of rotatable bonds is 5. The first-order chi connectivity index (χ1) is 21.4. The monoisotopic (exact) mass is 598 g/mol. The van der Waals surface area contributed by atoms with Crippen LogP contribution >= 0.6 is 0 Å². The summed E-state index contributed by atoms with van der Waals surface area (Å²) in [5.74, 6) is 0.526. The lowest BCUT2D eigenvalue weighted by Crippen LogP contribution is -2.48. The summed E-state index contributed by atoms with van der Waals surface area (Å²) in [4.78, 5) is 49.5. The third-order valence-corrected chi connectivity index (χ3v) is 10.7. The van der Waals surface area contributed by atoms with E-state index in [2.05, 4.69) is 11.8 Å². The molecule has 0 saturated carbocycles. The van der Waals surface area contributed by atoms with Gasteiger partial charge in [-0.3, -0.25) is 9.59 Å². The summed E-state index contributed by atoms with van der Waals surface area (Å²) in [6.45, 7) is 8.25. The van der Waals surface area contributed by atoms with Crippen LogP contribution < -0.4 is 10.3 Å². The van der Waals surface area contributed by atoms with E-state index in [9.17, 15) is 14.4 Å². The maximum atomic E-state index is 13.8. The molecule has 4 aliphatic rings. The second-order valence-electron chi connectivity index (χ2n) is 12.8. The lowest BCUT2D eigenvalue weighted by atomic mass is 9.76.